The molecule has 2 rings (SSSR count). The Hall–Kier alpha value is 0. The summed E-state index contributed by atoms with van der Waals surface area (Å²) in [6.07, 6.45) is 3.09. The molecule has 14 heavy (non-hydrogen) atoms. The monoisotopic (exact) mass is 196 g/mol. The first-order valence-electron chi connectivity index (χ1n) is 6.61. The van der Waals surface area contributed by atoms with Gasteiger partial charge < -0.3 is 0 Å². The van der Waals surface area contributed by atoms with Crippen molar-refractivity contribution >= 4 is 0 Å². The van der Waals surface area contributed by atoms with Gasteiger partial charge in [0, 0.05) is 0 Å². The molecule has 2 saturated carbocycles. The van der Waals surface area contributed by atoms with Crippen LogP contribution in [0.1, 0.15) is 54.4 Å². The summed E-state index contributed by atoms with van der Waals surface area (Å²) in [5, 5.41) is 0. The normalized spacial score (nSPS) is 39.4. The predicted molar refractivity (Wildman–Crippen MR) is 64.2 cm³/mol. The molecule has 2 fully saturated rings. The standard InChI is InChI=1S/C12H22.C2H6/c1-7(2)9-5-10-11(6-9)12(10)8(3)4;1-2/h7-12H,5-6H2,1-4H3;1-2H3. The molecule has 2 aliphatic rings. The highest BCUT2D eigenvalue weighted by Crippen LogP contribution is 2.63. The summed E-state index contributed by atoms with van der Waals surface area (Å²) >= 11 is 0. The van der Waals surface area contributed by atoms with Crippen LogP contribution in [0.2, 0.25) is 0 Å². The van der Waals surface area contributed by atoms with Gasteiger partial charge in [-0.25, -0.2) is 0 Å². The molecule has 0 aliphatic heterocycles. The molecule has 0 amide bonds. The first-order valence-corrected chi connectivity index (χ1v) is 6.61. The van der Waals surface area contributed by atoms with Gasteiger partial charge in [0.05, 0.1) is 0 Å². The zero-order valence-corrected chi connectivity index (χ0v) is 10.9. The molecule has 0 aromatic heterocycles. The van der Waals surface area contributed by atoms with E-state index in [9.17, 15) is 0 Å². The first kappa shape index (κ1) is 12.1. The van der Waals surface area contributed by atoms with Gasteiger partial charge in [-0.1, -0.05) is 41.5 Å². The topological polar surface area (TPSA) is 0 Å². The average Bonchev–Trinajstić information content (AvgIpc) is 2.66. The van der Waals surface area contributed by atoms with Crippen LogP contribution in [-0.2, 0) is 0 Å². The predicted octanol–water partition coefficient (Wildman–Crippen LogP) is 4.60. The van der Waals surface area contributed by atoms with Gasteiger partial charge in [0.25, 0.3) is 0 Å². The number of hydrogen-bond donors (Lipinski definition) is 0. The molecule has 2 unspecified atom stereocenters. The van der Waals surface area contributed by atoms with Gasteiger partial charge in [-0.15, -0.1) is 0 Å². The van der Waals surface area contributed by atoms with Crippen molar-refractivity contribution < 1.29 is 0 Å². The molecule has 0 nitrogen and oxygen atoms in total. The fraction of sp³-hybridized carbons (Fsp3) is 1.00. The van der Waals surface area contributed by atoms with Crippen molar-refractivity contribution in [1.82, 2.24) is 0 Å². The Morgan fingerprint density at radius 1 is 0.786 bits per heavy atom. The van der Waals surface area contributed by atoms with E-state index in [-0.39, 0.29) is 0 Å². The largest absolute Gasteiger partial charge is 0.0683 e. The number of fused-ring (bicyclic) bond motifs is 1. The van der Waals surface area contributed by atoms with Crippen LogP contribution in [-0.4, -0.2) is 0 Å². The summed E-state index contributed by atoms with van der Waals surface area (Å²) in [5.74, 6) is 6.34. The van der Waals surface area contributed by atoms with E-state index in [1.54, 1.807) is 12.8 Å². The third-order valence-corrected chi connectivity index (χ3v) is 4.26. The minimum Gasteiger partial charge on any atom is -0.0683 e. The maximum atomic E-state index is 2.40. The first-order chi connectivity index (χ1) is 6.61. The van der Waals surface area contributed by atoms with Crippen molar-refractivity contribution in [2.45, 2.75) is 54.4 Å². The Balaban J connectivity index is 0.000000461. The smallest absolute Gasteiger partial charge is 0.0329 e. The lowest BCUT2D eigenvalue weighted by molar-refractivity contribution is 0.315. The van der Waals surface area contributed by atoms with Gasteiger partial charge in [-0.3, -0.25) is 0 Å². The Kier molecular flexibility index (Phi) is 4.04. The summed E-state index contributed by atoms with van der Waals surface area (Å²) in [6.45, 7) is 13.6. The van der Waals surface area contributed by atoms with E-state index in [1.807, 2.05) is 13.8 Å². The summed E-state index contributed by atoms with van der Waals surface area (Å²) in [5.41, 5.74) is 0. The summed E-state index contributed by atoms with van der Waals surface area (Å²) in [4.78, 5) is 0. The molecule has 0 spiro atoms. The van der Waals surface area contributed by atoms with E-state index in [1.165, 1.54) is 0 Å². The summed E-state index contributed by atoms with van der Waals surface area (Å²) in [6, 6.07) is 0. The second kappa shape index (κ2) is 4.68. The third-order valence-electron chi connectivity index (χ3n) is 4.26. The van der Waals surface area contributed by atoms with Gasteiger partial charge >= 0.3 is 0 Å². The molecule has 0 heterocycles. The Labute approximate surface area is 90.5 Å². The molecule has 84 valence electrons. The molecule has 0 heteroatoms. The molecular formula is C14H28. The number of hydrogen-bond acceptors (Lipinski definition) is 0. The Morgan fingerprint density at radius 2 is 1.21 bits per heavy atom. The van der Waals surface area contributed by atoms with Crippen molar-refractivity contribution in [1.29, 1.82) is 0 Å². The minimum atomic E-state index is 0.936. The lowest BCUT2D eigenvalue weighted by Gasteiger charge is -2.18. The zero-order valence-electron chi connectivity index (χ0n) is 10.9. The number of rotatable bonds is 2. The van der Waals surface area contributed by atoms with Crippen LogP contribution in [0.25, 0.3) is 0 Å². The van der Waals surface area contributed by atoms with Crippen LogP contribution in [0, 0.1) is 35.5 Å². The molecule has 2 atom stereocenters. The fourth-order valence-corrected chi connectivity index (χ4v) is 3.47. The third kappa shape index (κ3) is 2.15. The van der Waals surface area contributed by atoms with Crippen LogP contribution in [0.3, 0.4) is 0 Å². The maximum absolute atomic E-state index is 2.40. The molecule has 0 saturated heterocycles. The van der Waals surface area contributed by atoms with Crippen LogP contribution in [0.5, 0.6) is 0 Å². The van der Waals surface area contributed by atoms with Gasteiger partial charge in [0.1, 0.15) is 0 Å². The van der Waals surface area contributed by atoms with E-state index in [2.05, 4.69) is 27.7 Å². The van der Waals surface area contributed by atoms with Crippen molar-refractivity contribution in [3.8, 4) is 0 Å². The molecule has 0 N–H and O–H groups in total. The van der Waals surface area contributed by atoms with Crippen molar-refractivity contribution in [3.05, 3.63) is 0 Å². The highest BCUT2D eigenvalue weighted by molar-refractivity contribution is 5.05. The molecular weight excluding hydrogens is 168 g/mol. The van der Waals surface area contributed by atoms with E-state index in [4.69, 9.17) is 0 Å². The van der Waals surface area contributed by atoms with E-state index in [0.717, 1.165) is 35.5 Å². The minimum absolute atomic E-state index is 0.936. The molecule has 0 aromatic carbocycles. The molecule has 0 radical (unpaired) electrons. The lowest BCUT2D eigenvalue weighted by atomic mass is 9.87. The van der Waals surface area contributed by atoms with Gasteiger partial charge in [0.15, 0.2) is 0 Å². The Morgan fingerprint density at radius 3 is 1.50 bits per heavy atom. The van der Waals surface area contributed by atoms with E-state index in [0.29, 0.717) is 0 Å². The second-order valence-electron chi connectivity index (χ2n) is 5.62. The van der Waals surface area contributed by atoms with Crippen molar-refractivity contribution in [3.63, 3.8) is 0 Å². The van der Waals surface area contributed by atoms with Gasteiger partial charge in [-0.05, 0) is 48.3 Å². The maximum Gasteiger partial charge on any atom is -0.0329 e. The Bertz CT molecular complexity index is 151. The fourth-order valence-electron chi connectivity index (χ4n) is 3.47. The summed E-state index contributed by atoms with van der Waals surface area (Å²) in [7, 11) is 0. The van der Waals surface area contributed by atoms with Gasteiger partial charge in [0.2, 0.25) is 0 Å². The van der Waals surface area contributed by atoms with Crippen molar-refractivity contribution in [2.75, 3.05) is 0 Å². The molecule has 2 aliphatic carbocycles. The second-order valence-corrected chi connectivity index (χ2v) is 5.62. The van der Waals surface area contributed by atoms with Crippen LogP contribution >= 0.6 is 0 Å². The molecule has 0 bridgehead atoms. The van der Waals surface area contributed by atoms with Gasteiger partial charge in [-0.2, -0.15) is 0 Å². The zero-order chi connectivity index (χ0) is 10.9. The lowest BCUT2D eigenvalue weighted by Crippen LogP contribution is -2.10. The van der Waals surface area contributed by atoms with Crippen LogP contribution in [0.4, 0.5) is 0 Å². The quantitative estimate of drug-likeness (QED) is 0.605. The van der Waals surface area contributed by atoms with Crippen LogP contribution in [0.15, 0.2) is 0 Å². The SMILES string of the molecule is CC.CC(C)C1CC2C(C1)C2C(C)C. The highest BCUT2D eigenvalue weighted by atomic mass is 14.6. The van der Waals surface area contributed by atoms with Crippen LogP contribution < -0.4 is 0 Å². The highest BCUT2D eigenvalue weighted by Gasteiger charge is 2.56. The molecule has 0 aromatic rings. The van der Waals surface area contributed by atoms with Crippen molar-refractivity contribution in [2.24, 2.45) is 35.5 Å². The van der Waals surface area contributed by atoms with E-state index >= 15 is 0 Å². The summed E-state index contributed by atoms with van der Waals surface area (Å²) < 4.78 is 0. The van der Waals surface area contributed by atoms with E-state index < -0.39 is 0 Å². The average molecular weight is 196 g/mol.